The van der Waals surface area contributed by atoms with Crippen molar-refractivity contribution < 1.29 is 20.8 Å². The van der Waals surface area contributed by atoms with E-state index in [-0.39, 0.29) is 0 Å². The van der Waals surface area contributed by atoms with E-state index in [4.69, 9.17) is 17.0 Å². The normalized spacial score (nSPS) is 13.5. The third kappa shape index (κ3) is 11.6. The molecule has 18 rings (SSSR count). The number of benzene rings is 14. The number of hydrogen-bond donors (Lipinski definition) is 0. The van der Waals surface area contributed by atoms with Gasteiger partial charge in [-0.1, -0.05) is 305 Å². The number of halogens is 2. The Balaban J connectivity index is 0.000000141. The molecule has 2 saturated carbocycles. The molecule has 0 spiro atoms. The fourth-order valence-electron chi connectivity index (χ4n) is 16.1. The van der Waals surface area contributed by atoms with E-state index < -0.39 is 20.8 Å². The molecule has 0 amide bonds. The summed E-state index contributed by atoms with van der Waals surface area (Å²) in [6, 6.07) is 100. The van der Waals surface area contributed by atoms with Crippen molar-refractivity contribution in [3.8, 4) is 44.5 Å². The number of rotatable bonds is 8. The molecule has 0 heterocycles. The summed E-state index contributed by atoms with van der Waals surface area (Å²) >= 11 is -0.826. The van der Waals surface area contributed by atoms with Gasteiger partial charge in [-0.05, 0) is 157 Å². The predicted molar refractivity (Wildman–Crippen MR) is 401 cm³/mol. The van der Waals surface area contributed by atoms with Crippen LogP contribution >= 0.6 is 17.0 Å². The van der Waals surface area contributed by atoms with Crippen LogP contribution in [-0.4, -0.2) is 9.52 Å². The summed E-state index contributed by atoms with van der Waals surface area (Å²) in [7, 11) is 11.0. The Morgan fingerprint density at radius 3 is 0.750 bits per heavy atom. The maximum absolute atomic E-state index is 4.93. The van der Waals surface area contributed by atoms with Gasteiger partial charge >= 0.3 is 37.9 Å². The van der Waals surface area contributed by atoms with Gasteiger partial charge in [0.2, 0.25) is 0 Å². The fourth-order valence-corrected chi connectivity index (χ4v) is 16.1. The summed E-state index contributed by atoms with van der Waals surface area (Å²) in [6.45, 7) is 4.31. The molecule has 2 radical (unpaired) electrons. The molecule has 0 bridgehead atoms. The largest absolute Gasteiger partial charge is 0.164 e. The van der Waals surface area contributed by atoms with Crippen LogP contribution in [0.5, 0.6) is 0 Å². The van der Waals surface area contributed by atoms with Gasteiger partial charge in [0.25, 0.3) is 0 Å². The molecule has 2 fully saturated rings. The summed E-state index contributed by atoms with van der Waals surface area (Å²) < 4.78 is 0. The van der Waals surface area contributed by atoms with Crippen LogP contribution in [0.1, 0.15) is 62.5 Å². The second-order valence-corrected chi connectivity index (χ2v) is 30.5. The molecule has 0 atom stereocenters. The Hall–Kier alpha value is -7.94. The van der Waals surface area contributed by atoms with E-state index in [1.165, 1.54) is 228 Å². The zero-order valence-corrected chi connectivity index (χ0v) is 57.4. The van der Waals surface area contributed by atoms with Crippen molar-refractivity contribution in [3.63, 3.8) is 0 Å². The summed E-state index contributed by atoms with van der Waals surface area (Å²) in [5, 5.41) is 26.5. The fraction of sp³-hybridized carbons (Fsp3) is 0.159. The molecular formula is C88H72Cl2SiZr. The van der Waals surface area contributed by atoms with Gasteiger partial charge in [0, 0.05) is 9.52 Å². The molecule has 0 unspecified atom stereocenters. The van der Waals surface area contributed by atoms with Gasteiger partial charge in [-0.15, -0.1) is 44.8 Å². The Morgan fingerprint density at radius 2 is 0.511 bits per heavy atom. The van der Waals surface area contributed by atoms with Crippen molar-refractivity contribution in [2.45, 2.75) is 77.3 Å². The first-order chi connectivity index (χ1) is 45.5. The van der Waals surface area contributed by atoms with Crippen LogP contribution in [0.3, 0.4) is 0 Å². The van der Waals surface area contributed by atoms with E-state index in [0.717, 1.165) is 21.4 Å². The van der Waals surface area contributed by atoms with Gasteiger partial charge in [-0.2, -0.15) is 12.1 Å². The van der Waals surface area contributed by atoms with Crippen LogP contribution in [0.4, 0.5) is 0 Å². The minimum Gasteiger partial charge on any atom is -0.164 e. The Bertz CT molecular complexity index is 4520. The van der Waals surface area contributed by atoms with Crippen molar-refractivity contribution in [3.05, 3.63) is 278 Å². The van der Waals surface area contributed by atoms with Crippen molar-refractivity contribution in [2.24, 2.45) is 11.8 Å². The second kappa shape index (κ2) is 27.0. The summed E-state index contributed by atoms with van der Waals surface area (Å²) in [6.07, 6.45) is 13.3. The summed E-state index contributed by atoms with van der Waals surface area (Å²) in [4.78, 5) is 0. The van der Waals surface area contributed by atoms with Gasteiger partial charge < -0.3 is 0 Å². The predicted octanol–water partition coefficient (Wildman–Crippen LogP) is 26.6. The zero-order chi connectivity index (χ0) is 62.1. The van der Waals surface area contributed by atoms with Gasteiger partial charge in [0.1, 0.15) is 0 Å². The van der Waals surface area contributed by atoms with Crippen molar-refractivity contribution in [2.75, 3.05) is 0 Å². The van der Waals surface area contributed by atoms with Crippen LogP contribution < -0.4 is 0 Å². The quantitative estimate of drug-likeness (QED) is 0.0808. The minimum absolute atomic E-state index is 0.806. The summed E-state index contributed by atoms with van der Waals surface area (Å²) in [5.74, 6) is 1.61. The Morgan fingerprint density at radius 1 is 0.304 bits per heavy atom. The second-order valence-electron chi connectivity index (χ2n) is 25.8. The van der Waals surface area contributed by atoms with Crippen molar-refractivity contribution in [1.29, 1.82) is 0 Å². The average molecular weight is 1320 g/mol. The van der Waals surface area contributed by atoms with E-state index in [9.17, 15) is 0 Å². The van der Waals surface area contributed by atoms with E-state index in [0.29, 0.717) is 0 Å². The first-order valence-corrected chi connectivity index (χ1v) is 41.4. The molecule has 16 aromatic carbocycles. The molecular weight excluding hydrogens is 1250 g/mol. The molecule has 0 saturated heterocycles. The molecule has 2 aliphatic carbocycles. The van der Waals surface area contributed by atoms with Gasteiger partial charge in [-0.3, -0.25) is 0 Å². The third-order valence-electron chi connectivity index (χ3n) is 20.1. The maximum atomic E-state index is 4.93. The van der Waals surface area contributed by atoms with Gasteiger partial charge in [-0.25, -0.2) is 0 Å². The Labute approximate surface area is 562 Å². The zero-order valence-electron chi connectivity index (χ0n) is 52.4. The van der Waals surface area contributed by atoms with E-state index in [1.807, 2.05) is 0 Å². The minimum atomic E-state index is -0.826. The SMILES string of the molecule is C[Si]C.[Cl][Zr+2][Cl].c1ccc2c(-c3ccc(-c4c5ccccc5cc5ccccc45)c4[cH-]c(CC5CCCC5)cc34)c3ccccc3cc2c1.c1ccc2c(-c3ccc(-c4c5ccccc5cc5ccccc45)c4[cH-]c(CC5CCCC5)cc34)c3ccccc3cc2c1. The Kier molecular flexibility index (Phi) is 17.7. The molecule has 16 aromatic rings. The van der Waals surface area contributed by atoms with Crippen molar-refractivity contribution in [1.82, 2.24) is 0 Å². The number of fused-ring (bicyclic) bond motifs is 10. The van der Waals surface area contributed by atoms with Crippen LogP contribution in [-0.2, 0) is 33.7 Å². The topological polar surface area (TPSA) is 0 Å². The standard InChI is InChI=1S/2C43H33.C2H6Si.2ClH.Zr/c2*1-2-12-28(11-1)23-29-24-40-38(42-34-17-7-3-13-30(34)26-31-14-4-8-18-35(31)42)21-22-39(41(40)25-29)43-36-19-9-5-15-32(36)27-33-16-6-10-20-37(33)43;1-3-2;;;/h2*3-10,13-22,24-28H,1-2,11-12,23H2;1-2H3;2*1H;/q2*-1;;;;+4/p-2. The number of hydrogen-bond acceptors (Lipinski definition) is 0. The van der Waals surface area contributed by atoms with Crippen LogP contribution in [0.2, 0.25) is 13.1 Å². The van der Waals surface area contributed by atoms with E-state index in [2.05, 4.69) is 280 Å². The molecule has 0 N–H and O–H groups in total. The first kappa shape index (κ1) is 60.3. The smallest absolute Gasteiger partial charge is 0.0107 e. The summed E-state index contributed by atoms with van der Waals surface area (Å²) in [5.41, 5.74) is 13.8. The molecule has 0 nitrogen and oxygen atoms in total. The van der Waals surface area contributed by atoms with Crippen LogP contribution in [0, 0.1) is 11.8 Å². The maximum Gasteiger partial charge on any atom is -0.0107 e. The van der Waals surface area contributed by atoms with E-state index in [1.54, 1.807) is 0 Å². The molecule has 0 aromatic heterocycles. The van der Waals surface area contributed by atoms with Gasteiger partial charge in [0.05, 0.1) is 0 Å². The van der Waals surface area contributed by atoms with Crippen LogP contribution in [0.15, 0.2) is 267 Å². The molecule has 92 heavy (non-hydrogen) atoms. The molecule has 446 valence electrons. The van der Waals surface area contributed by atoms with Crippen molar-refractivity contribution >= 4 is 134 Å². The first-order valence-electron chi connectivity index (χ1n) is 33.1. The monoisotopic (exact) mass is 1320 g/mol. The van der Waals surface area contributed by atoms with Crippen LogP contribution in [0.25, 0.3) is 152 Å². The van der Waals surface area contributed by atoms with E-state index >= 15 is 0 Å². The molecule has 4 heteroatoms. The molecule has 2 aliphatic rings. The van der Waals surface area contributed by atoms with Gasteiger partial charge in [0.15, 0.2) is 0 Å². The molecule has 0 aliphatic heterocycles. The average Bonchev–Trinajstić information content (AvgIpc) is 1.34. The third-order valence-corrected chi connectivity index (χ3v) is 20.1.